The van der Waals surface area contributed by atoms with Crippen LogP contribution in [-0.4, -0.2) is 24.6 Å². The van der Waals surface area contributed by atoms with E-state index < -0.39 is 0 Å². The zero-order valence-corrected chi connectivity index (χ0v) is 18.2. The van der Waals surface area contributed by atoms with Gasteiger partial charge in [0.15, 0.2) is 5.65 Å². The molecule has 5 aromatic rings. The maximum atomic E-state index is 11.0. The lowest BCUT2D eigenvalue weighted by Crippen LogP contribution is -2.00. The predicted octanol–water partition coefficient (Wildman–Crippen LogP) is 5.57. The van der Waals surface area contributed by atoms with Gasteiger partial charge in [-0.25, -0.2) is 9.97 Å². The minimum atomic E-state index is 0.162. The number of imidazole rings is 1. The maximum Gasteiger partial charge on any atom is 0.219 e. The van der Waals surface area contributed by atoms with E-state index in [2.05, 4.69) is 24.3 Å². The second kappa shape index (κ2) is 9.17. The summed E-state index contributed by atoms with van der Waals surface area (Å²) in [6.45, 7) is 0. The molecule has 0 saturated carbocycles. The number of phenols is 1. The Morgan fingerprint density at radius 1 is 0.667 bits per heavy atom. The standard InChI is InChI=1S/C28H25N3O2/c32-23-16-14-22(15-17-23)26-19-31-27(25(29-26)18-21-10-5-2-6-11-21)30-24(28(31)33)13-7-12-20-8-3-1-4-9-20/h1-6,8-11,14-17,19,32-33H,7,12-13,18H2. The first-order valence-electron chi connectivity index (χ1n) is 11.1. The Kier molecular flexibility index (Phi) is 5.77. The van der Waals surface area contributed by atoms with Gasteiger partial charge < -0.3 is 10.2 Å². The summed E-state index contributed by atoms with van der Waals surface area (Å²) in [5.74, 6) is 0.366. The van der Waals surface area contributed by atoms with Crippen molar-refractivity contribution in [2.75, 3.05) is 0 Å². The molecule has 3 aromatic carbocycles. The second-order valence-electron chi connectivity index (χ2n) is 8.20. The number of hydrogen-bond donors (Lipinski definition) is 2. The smallest absolute Gasteiger partial charge is 0.219 e. The number of aromatic nitrogens is 3. The van der Waals surface area contributed by atoms with Crippen molar-refractivity contribution in [3.8, 4) is 22.9 Å². The molecule has 33 heavy (non-hydrogen) atoms. The minimum Gasteiger partial charge on any atom is -0.508 e. The van der Waals surface area contributed by atoms with Gasteiger partial charge in [0.2, 0.25) is 5.88 Å². The van der Waals surface area contributed by atoms with Gasteiger partial charge in [0.1, 0.15) is 11.4 Å². The van der Waals surface area contributed by atoms with Gasteiger partial charge in [0.25, 0.3) is 0 Å². The van der Waals surface area contributed by atoms with Gasteiger partial charge in [0.05, 0.1) is 11.4 Å². The van der Waals surface area contributed by atoms with Crippen LogP contribution in [0.1, 0.15) is 28.9 Å². The molecule has 5 rings (SSSR count). The third kappa shape index (κ3) is 4.58. The first-order chi connectivity index (χ1) is 16.2. The number of phenolic OH excluding ortho intramolecular Hbond substituents is 1. The number of rotatable bonds is 7. The molecule has 0 bridgehead atoms. The van der Waals surface area contributed by atoms with Crippen molar-refractivity contribution in [1.29, 1.82) is 0 Å². The number of aryl methyl sites for hydroxylation is 2. The lowest BCUT2D eigenvalue weighted by atomic mass is 10.1. The summed E-state index contributed by atoms with van der Waals surface area (Å²) in [5.41, 5.74) is 6.15. The molecule has 0 aliphatic rings. The average Bonchev–Trinajstić information content (AvgIpc) is 3.17. The predicted molar refractivity (Wildman–Crippen MR) is 129 cm³/mol. The third-order valence-electron chi connectivity index (χ3n) is 5.82. The van der Waals surface area contributed by atoms with Crippen LogP contribution in [0.5, 0.6) is 11.6 Å². The van der Waals surface area contributed by atoms with Gasteiger partial charge in [-0.1, -0.05) is 60.7 Å². The van der Waals surface area contributed by atoms with Gasteiger partial charge in [-0.2, -0.15) is 0 Å². The molecule has 164 valence electrons. The number of benzene rings is 3. The highest BCUT2D eigenvalue weighted by atomic mass is 16.3. The number of nitrogens with zero attached hydrogens (tertiary/aromatic N) is 3. The molecule has 0 radical (unpaired) electrons. The van der Waals surface area contributed by atoms with E-state index in [1.165, 1.54) is 5.56 Å². The highest BCUT2D eigenvalue weighted by Gasteiger charge is 2.17. The topological polar surface area (TPSA) is 70.7 Å². The summed E-state index contributed by atoms with van der Waals surface area (Å²) in [7, 11) is 0. The van der Waals surface area contributed by atoms with Crippen molar-refractivity contribution in [3.05, 3.63) is 114 Å². The lowest BCUT2D eigenvalue weighted by molar-refractivity contribution is 0.440. The molecule has 5 nitrogen and oxygen atoms in total. The molecule has 2 heterocycles. The molecule has 0 amide bonds. The van der Waals surface area contributed by atoms with E-state index in [0.29, 0.717) is 24.2 Å². The van der Waals surface area contributed by atoms with E-state index in [1.54, 1.807) is 16.5 Å². The molecular formula is C28H25N3O2. The van der Waals surface area contributed by atoms with Crippen LogP contribution in [0.2, 0.25) is 0 Å². The Morgan fingerprint density at radius 3 is 2.03 bits per heavy atom. The molecule has 0 spiro atoms. The maximum absolute atomic E-state index is 11.0. The van der Waals surface area contributed by atoms with E-state index in [-0.39, 0.29) is 11.6 Å². The average molecular weight is 436 g/mol. The van der Waals surface area contributed by atoms with Crippen molar-refractivity contribution in [2.24, 2.45) is 0 Å². The fourth-order valence-corrected chi connectivity index (χ4v) is 4.09. The van der Waals surface area contributed by atoms with Crippen molar-refractivity contribution in [3.63, 3.8) is 0 Å². The molecule has 0 aliphatic heterocycles. The SMILES string of the molecule is Oc1ccc(-c2cn3c(O)c(CCCc4ccccc4)nc3c(Cc3ccccc3)n2)cc1. The van der Waals surface area contributed by atoms with Crippen LogP contribution < -0.4 is 0 Å². The van der Waals surface area contributed by atoms with Crippen molar-refractivity contribution in [1.82, 2.24) is 14.4 Å². The van der Waals surface area contributed by atoms with Crippen LogP contribution in [0.25, 0.3) is 16.9 Å². The summed E-state index contributed by atoms with van der Waals surface area (Å²) in [5, 5.41) is 20.7. The van der Waals surface area contributed by atoms with Gasteiger partial charge in [-0.3, -0.25) is 4.40 Å². The minimum absolute atomic E-state index is 0.162. The molecule has 2 N–H and O–H groups in total. The Morgan fingerprint density at radius 2 is 1.33 bits per heavy atom. The second-order valence-corrected chi connectivity index (χ2v) is 8.20. The normalized spacial score (nSPS) is 11.2. The molecule has 5 heteroatoms. The Labute approximate surface area is 192 Å². The lowest BCUT2D eigenvalue weighted by Gasteiger charge is -2.08. The fraction of sp³-hybridized carbons (Fsp3) is 0.143. The van der Waals surface area contributed by atoms with E-state index in [9.17, 15) is 10.2 Å². The first kappa shape index (κ1) is 20.8. The summed E-state index contributed by atoms with van der Waals surface area (Å²) in [6.07, 6.45) is 4.94. The van der Waals surface area contributed by atoms with Gasteiger partial charge >= 0.3 is 0 Å². The monoisotopic (exact) mass is 435 g/mol. The molecule has 0 unspecified atom stereocenters. The Bertz CT molecular complexity index is 1360. The molecule has 0 saturated heterocycles. The summed E-state index contributed by atoms with van der Waals surface area (Å²) >= 11 is 0. The fourth-order valence-electron chi connectivity index (χ4n) is 4.09. The zero-order chi connectivity index (χ0) is 22.6. The van der Waals surface area contributed by atoms with Crippen LogP contribution in [-0.2, 0) is 19.3 Å². The third-order valence-corrected chi connectivity index (χ3v) is 5.82. The van der Waals surface area contributed by atoms with Crippen LogP contribution in [0.3, 0.4) is 0 Å². The van der Waals surface area contributed by atoms with Gasteiger partial charge in [-0.05, 0) is 54.7 Å². The van der Waals surface area contributed by atoms with Crippen LogP contribution in [0.4, 0.5) is 0 Å². The van der Waals surface area contributed by atoms with E-state index in [0.717, 1.165) is 35.4 Å². The Hall–Kier alpha value is -4.12. The molecule has 0 fully saturated rings. The zero-order valence-electron chi connectivity index (χ0n) is 18.2. The molecule has 0 aliphatic carbocycles. The quantitative estimate of drug-likeness (QED) is 0.350. The van der Waals surface area contributed by atoms with E-state index in [4.69, 9.17) is 9.97 Å². The van der Waals surface area contributed by atoms with Crippen LogP contribution in [0.15, 0.2) is 91.1 Å². The number of fused-ring (bicyclic) bond motifs is 1. The van der Waals surface area contributed by atoms with Crippen molar-refractivity contribution >= 4 is 5.65 Å². The molecular weight excluding hydrogens is 410 g/mol. The van der Waals surface area contributed by atoms with E-state index >= 15 is 0 Å². The van der Waals surface area contributed by atoms with Crippen LogP contribution >= 0.6 is 0 Å². The highest BCUT2D eigenvalue weighted by molar-refractivity contribution is 5.63. The highest BCUT2D eigenvalue weighted by Crippen LogP contribution is 2.28. The van der Waals surface area contributed by atoms with Gasteiger partial charge in [0, 0.05) is 18.2 Å². The number of aromatic hydroxyl groups is 2. The largest absolute Gasteiger partial charge is 0.508 e. The van der Waals surface area contributed by atoms with Crippen LogP contribution in [0, 0.1) is 0 Å². The molecule has 0 atom stereocenters. The number of hydrogen-bond acceptors (Lipinski definition) is 4. The molecule has 2 aromatic heterocycles. The first-order valence-corrected chi connectivity index (χ1v) is 11.1. The summed E-state index contributed by atoms with van der Waals surface area (Å²) in [6, 6.07) is 27.4. The Balaban J connectivity index is 1.52. The summed E-state index contributed by atoms with van der Waals surface area (Å²) in [4.78, 5) is 9.70. The van der Waals surface area contributed by atoms with Crippen molar-refractivity contribution in [2.45, 2.75) is 25.7 Å². The van der Waals surface area contributed by atoms with E-state index in [1.807, 2.05) is 54.7 Å². The summed E-state index contributed by atoms with van der Waals surface area (Å²) < 4.78 is 1.74. The van der Waals surface area contributed by atoms with Gasteiger partial charge in [-0.15, -0.1) is 0 Å². The van der Waals surface area contributed by atoms with Crippen molar-refractivity contribution < 1.29 is 10.2 Å².